The Labute approximate surface area is 116 Å². The topological polar surface area (TPSA) is 54.4 Å². The summed E-state index contributed by atoms with van der Waals surface area (Å²) in [6.07, 6.45) is 16.4. The Morgan fingerprint density at radius 3 is 2.21 bits per heavy atom. The van der Waals surface area contributed by atoms with E-state index in [4.69, 9.17) is 5.11 Å². The van der Waals surface area contributed by atoms with Crippen molar-refractivity contribution in [3.63, 3.8) is 0 Å². The zero-order chi connectivity index (χ0) is 14.3. The highest BCUT2D eigenvalue weighted by Crippen LogP contribution is 2.08. The molecule has 0 saturated heterocycles. The van der Waals surface area contributed by atoms with Gasteiger partial charge in [-0.25, -0.2) is 0 Å². The number of carboxylic acids is 1. The molecule has 0 atom stereocenters. The van der Waals surface area contributed by atoms with Crippen molar-refractivity contribution in [1.82, 2.24) is 0 Å². The highest BCUT2D eigenvalue weighted by molar-refractivity contribution is 6.01. The molecule has 0 aliphatic heterocycles. The van der Waals surface area contributed by atoms with Crippen LogP contribution in [0.5, 0.6) is 0 Å². The fourth-order valence-electron chi connectivity index (χ4n) is 1.76. The molecular weight excluding hydrogens is 240 g/mol. The molecule has 0 fully saturated rings. The molecule has 0 amide bonds. The number of aliphatic carboxylic acids is 1. The number of hydrogen-bond donors (Lipinski definition) is 1. The molecule has 0 aliphatic rings. The minimum Gasteiger partial charge on any atom is -0.481 e. The van der Waals surface area contributed by atoms with Crippen LogP contribution < -0.4 is 0 Å². The van der Waals surface area contributed by atoms with Crippen molar-refractivity contribution >= 4 is 11.8 Å². The van der Waals surface area contributed by atoms with E-state index in [0.717, 1.165) is 6.42 Å². The number of carboxylic acid groups (broad SMARTS) is 1. The van der Waals surface area contributed by atoms with Crippen LogP contribution in [-0.2, 0) is 9.59 Å². The largest absolute Gasteiger partial charge is 0.481 e. The highest BCUT2D eigenvalue weighted by Gasteiger charge is 2.01. The van der Waals surface area contributed by atoms with Crippen LogP contribution in [0.3, 0.4) is 0 Å². The zero-order valence-corrected chi connectivity index (χ0v) is 11.9. The monoisotopic (exact) mass is 266 g/mol. The van der Waals surface area contributed by atoms with Crippen molar-refractivity contribution in [3.8, 4) is 0 Å². The first kappa shape index (κ1) is 17.6. The Kier molecular flexibility index (Phi) is 12.1. The lowest BCUT2D eigenvalue weighted by atomic mass is 10.1. The number of rotatable bonds is 12. The molecule has 0 aromatic rings. The summed E-state index contributed by atoms with van der Waals surface area (Å²) in [7, 11) is 0. The van der Waals surface area contributed by atoms with E-state index in [1.54, 1.807) is 6.08 Å². The smallest absolute Gasteiger partial charge is 0.311 e. The molecule has 0 unspecified atom stereocenters. The number of hydrogen-bond acceptors (Lipinski definition) is 2. The first-order valence-corrected chi connectivity index (χ1v) is 7.24. The Balaban J connectivity index is 3.41. The molecule has 1 N–H and O–H groups in total. The minimum atomic E-state index is -1.08. The molecule has 0 saturated carbocycles. The Morgan fingerprint density at radius 2 is 1.58 bits per heavy atom. The van der Waals surface area contributed by atoms with Gasteiger partial charge >= 0.3 is 5.97 Å². The molecule has 0 radical (unpaired) electrons. The summed E-state index contributed by atoms with van der Waals surface area (Å²) in [4.78, 5) is 21.3. The van der Waals surface area contributed by atoms with Crippen LogP contribution in [-0.4, -0.2) is 16.9 Å². The fourth-order valence-corrected chi connectivity index (χ4v) is 1.76. The SMILES string of the molecule is CCCCCCCCCC=CC=CC(=O)CC(=O)O. The number of allylic oxidation sites excluding steroid dienone is 4. The van der Waals surface area contributed by atoms with Crippen molar-refractivity contribution in [2.45, 2.75) is 64.7 Å². The van der Waals surface area contributed by atoms with Gasteiger partial charge in [-0.2, -0.15) is 0 Å². The molecule has 0 bridgehead atoms. The molecular formula is C16H26O3. The molecule has 0 spiro atoms. The summed E-state index contributed by atoms with van der Waals surface area (Å²) >= 11 is 0. The molecule has 0 aliphatic carbocycles. The lowest BCUT2D eigenvalue weighted by molar-refractivity contribution is -0.139. The average Bonchev–Trinajstić information content (AvgIpc) is 2.35. The van der Waals surface area contributed by atoms with Crippen LogP contribution in [0.15, 0.2) is 24.3 Å². The maximum absolute atomic E-state index is 11.0. The van der Waals surface area contributed by atoms with E-state index in [1.165, 1.54) is 51.0 Å². The average molecular weight is 266 g/mol. The third kappa shape index (κ3) is 14.6. The second-order valence-corrected chi connectivity index (χ2v) is 4.73. The van der Waals surface area contributed by atoms with Gasteiger partial charge in [0.1, 0.15) is 6.42 Å². The van der Waals surface area contributed by atoms with Gasteiger partial charge in [-0.3, -0.25) is 9.59 Å². The molecule has 3 nitrogen and oxygen atoms in total. The summed E-state index contributed by atoms with van der Waals surface area (Å²) in [6.45, 7) is 2.22. The van der Waals surface area contributed by atoms with E-state index in [1.807, 2.05) is 12.2 Å². The molecule has 19 heavy (non-hydrogen) atoms. The Bertz CT molecular complexity index is 303. The van der Waals surface area contributed by atoms with Gasteiger partial charge in [-0.15, -0.1) is 0 Å². The predicted molar refractivity (Wildman–Crippen MR) is 78.1 cm³/mol. The van der Waals surface area contributed by atoms with Gasteiger partial charge < -0.3 is 5.11 Å². The van der Waals surface area contributed by atoms with Crippen molar-refractivity contribution in [3.05, 3.63) is 24.3 Å². The lowest BCUT2D eigenvalue weighted by Gasteiger charge is -1.98. The van der Waals surface area contributed by atoms with E-state index in [0.29, 0.717) is 0 Å². The van der Waals surface area contributed by atoms with Gasteiger partial charge in [-0.05, 0) is 18.9 Å². The Morgan fingerprint density at radius 1 is 0.947 bits per heavy atom. The molecule has 0 heterocycles. The van der Waals surface area contributed by atoms with Crippen LogP contribution >= 0.6 is 0 Å². The number of carbonyl (C=O) groups excluding carboxylic acids is 1. The summed E-state index contributed by atoms with van der Waals surface area (Å²) in [5, 5.41) is 8.39. The van der Waals surface area contributed by atoms with Crippen LogP contribution in [0, 0.1) is 0 Å². The zero-order valence-electron chi connectivity index (χ0n) is 11.9. The van der Waals surface area contributed by atoms with Crippen LogP contribution in [0.1, 0.15) is 64.7 Å². The van der Waals surface area contributed by atoms with E-state index in [2.05, 4.69) is 6.92 Å². The number of ketones is 1. The van der Waals surface area contributed by atoms with Gasteiger partial charge in [0.25, 0.3) is 0 Å². The molecule has 0 aromatic heterocycles. The van der Waals surface area contributed by atoms with Gasteiger partial charge in [-0.1, -0.05) is 63.7 Å². The number of carbonyl (C=O) groups is 2. The third-order valence-corrected chi connectivity index (χ3v) is 2.83. The van der Waals surface area contributed by atoms with Crippen LogP contribution in [0.2, 0.25) is 0 Å². The second-order valence-electron chi connectivity index (χ2n) is 4.73. The molecule has 108 valence electrons. The van der Waals surface area contributed by atoms with Crippen LogP contribution in [0.4, 0.5) is 0 Å². The summed E-state index contributed by atoms with van der Waals surface area (Å²) < 4.78 is 0. The van der Waals surface area contributed by atoms with E-state index < -0.39 is 12.4 Å². The van der Waals surface area contributed by atoms with Gasteiger partial charge in [0, 0.05) is 0 Å². The predicted octanol–water partition coefficient (Wildman–Crippen LogP) is 4.28. The first-order chi connectivity index (χ1) is 9.16. The minimum absolute atomic E-state index is 0.368. The lowest BCUT2D eigenvalue weighted by Crippen LogP contribution is -2.02. The van der Waals surface area contributed by atoms with Gasteiger partial charge in [0.2, 0.25) is 0 Å². The number of unbranched alkanes of at least 4 members (excludes halogenated alkanes) is 7. The van der Waals surface area contributed by atoms with Gasteiger partial charge in [0.15, 0.2) is 5.78 Å². The maximum Gasteiger partial charge on any atom is 0.311 e. The standard InChI is InChI=1S/C16H26O3/c1-2-3-4-5-6-7-8-9-10-11-12-13-15(17)14-16(18)19/h10-13H,2-9,14H2,1H3,(H,18,19). The molecule has 3 heteroatoms. The normalized spacial score (nSPS) is 11.4. The Hall–Kier alpha value is -1.38. The van der Waals surface area contributed by atoms with Crippen molar-refractivity contribution in [2.24, 2.45) is 0 Å². The second kappa shape index (κ2) is 13.1. The first-order valence-electron chi connectivity index (χ1n) is 7.24. The van der Waals surface area contributed by atoms with E-state index >= 15 is 0 Å². The maximum atomic E-state index is 11.0. The molecule has 0 rings (SSSR count). The molecule has 0 aromatic carbocycles. The van der Waals surface area contributed by atoms with Crippen molar-refractivity contribution in [2.75, 3.05) is 0 Å². The van der Waals surface area contributed by atoms with Crippen molar-refractivity contribution in [1.29, 1.82) is 0 Å². The van der Waals surface area contributed by atoms with E-state index in [9.17, 15) is 9.59 Å². The fraction of sp³-hybridized carbons (Fsp3) is 0.625. The quantitative estimate of drug-likeness (QED) is 0.248. The van der Waals surface area contributed by atoms with Crippen molar-refractivity contribution < 1.29 is 14.7 Å². The summed E-state index contributed by atoms with van der Waals surface area (Å²) in [5.74, 6) is -1.45. The summed E-state index contributed by atoms with van der Waals surface area (Å²) in [5.41, 5.74) is 0. The van der Waals surface area contributed by atoms with Gasteiger partial charge in [0.05, 0.1) is 0 Å². The highest BCUT2D eigenvalue weighted by atomic mass is 16.4. The summed E-state index contributed by atoms with van der Waals surface area (Å²) in [6, 6.07) is 0. The van der Waals surface area contributed by atoms with E-state index in [-0.39, 0.29) is 5.78 Å². The van der Waals surface area contributed by atoms with Crippen LogP contribution in [0.25, 0.3) is 0 Å². The third-order valence-electron chi connectivity index (χ3n) is 2.83.